The summed E-state index contributed by atoms with van der Waals surface area (Å²) in [6.45, 7) is 5.31. The van der Waals surface area contributed by atoms with Crippen molar-refractivity contribution in [3.05, 3.63) is 0 Å². The molecule has 3 N–H and O–H groups in total. The molecule has 2 saturated heterocycles. The number of amides is 1. The molecule has 1 amide bonds. The van der Waals surface area contributed by atoms with E-state index in [1.54, 1.807) is 4.90 Å². The Kier molecular flexibility index (Phi) is 3.82. The first-order valence-electron chi connectivity index (χ1n) is 6.74. The van der Waals surface area contributed by atoms with Crippen molar-refractivity contribution in [3.8, 4) is 0 Å². The Balaban J connectivity index is 2.09. The first-order valence-corrected chi connectivity index (χ1v) is 6.74. The van der Waals surface area contributed by atoms with Gasteiger partial charge in [-0.3, -0.25) is 9.59 Å². The van der Waals surface area contributed by atoms with E-state index < -0.39 is 11.4 Å². The number of likely N-dealkylation sites (tertiary alicyclic amines) is 1. The van der Waals surface area contributed by atoms with Gasteiger partial charge in [-0.25, -0.2) is 0 Å². The molecule has 0 saturated carbocycles. The summed E-state index contributed by atoms with van der Waals surface area (Å²) in [5, 5.41) is 9.46. The van der Waals surface area contributed by atoms with Crippen LogP contribution in [0.4, 0.5) is 0 Å². The summed E-state index contributed by atoms with van der Waals surface area (Å²) >= 11 is 0. The highest BCUT2D eigenvalue weighted by molar-refractivity contribution is 5.83. The minimum absolute atomic E-state index is 0.00342. The van der Waals surface area contributed by atoms with E-state index in [0.29, 0.717) is 26.2 Å². The number of nitrogens with zero attached hydrogens (tertiary/aromatic N) is 1. The maximum absolute atomic E-state index is 12.4. The van der Waals surface area contributed by atoms with Crippen molar-refractivity contribution in [1.82, 2.24) is 4.90 Å². The van der Waals surface area contributed by atoms with Crippen LogP contribution in [0.25, 0.3) is 0 Å². The molecule has 108 valence electrons. The summed E-state index contributed by atoms with van der Waals surface area (Å²) in [5.41, 5.74) is 5.03. The molecule has 6 nitrogen and oxygen atoms in total. The Morgan fingerprint density at radius 2 is 2.11 bits per heavy atom. The number of hydrogen-bond donors (Lipinski definition) is 2. The van der Waals surface area contributed by atoms with E-state index in [4.69, 9.17) is 10.5 Å². The molecule has 2 heterocycles. The van der Waals surface area contributed by atoms with Crippen LogP contribution < -0.4 is 5.73 Å². The van der Waals surface area contributed by atoms with Crippen molar-refractivity contribution in [2.75, 3.05) is 26.3 Å². The number of ether oxygens (including phenoxy) is 1. The van der Waals surface area contributed by atoms with Gasteiger partial charge in [0.1, 0.15) is 0 Å². The molecule has 3 unspecified atom stereocenters. The van der Waals surface area contributed by atoms with Gasteiger partial charge in [-0.15, -0.1) is 0 Å². The summed E-state index contributed by atoms with van der Waals surface area (Å²) < 4.78 is 5.21. The van der Waals surface area contributed by atoms with E-state index in [-0.39, 0.29) is 30.3 Å². The predicted octanol–water partition coefficient (Wildman–Crippen LogP) is -0.0806. The minimum Gasteiger partial charge on any atom is -0.481 e. The number of carbonyl (C=O) groups is 2. The van der Waals surface area contributed by atoms with Gasteiger partial charge in [-0.1, -0.05) is 13.8 Å². The average molecular weight is 270 g/mol. The third-order valence-corrected chi connectivity index (χ3v) is 4.59. The van der Waals surface area contributed by atoms with Gasteiger partial charge in [0.25, 0.3) is 0 Å². The maximum atomic E-state index is 12.4. The van der Waals surface area contributed by atoms with Crippen LogP contribution in [0.5, 0.6) is 0 Å². The third-order valence-electron chi connectivity index (χ3n) is 4.59. The molecule has 0 spiro atoms. The zero-order chi connectivity index (χ0) is 14.2. The van der Waals surface area contributed by atoms with Crippen molar-refractivity contribution in [2.45, 2.75) is 26.3 Å². The number of carboxylic acids is 1. The first kappa shape index (κ1) is 14.3. The zero-order valence-corrected chi connectivity index (χ0v) is 11.5. The molecule has 6 heteroatoms. The minimum atomic E-state index is -0.820. The zero-order valence-electron chi connectivity index (χ0n) is 11.5. The molecule has 0 aromatic carbocycles. The second-order valence-corrected chi connectivity index (χ2v) is 5.93. The van der Waals surface area contributed by atoms with Crippen molar-refractivity contribution in [2.24, 2.45) is 23.0 Å². The van der Waals surface area contributed by atoms with E-state index in [9.17, 15) is 14.7 Å². The summed E-state index contributed by atoms with van der Waals surface area (Å²) in [7, 11) is 0. The summed E-state index contributed by atoms with van der Waals surface area (Å²) in [5.74, 6) is -1.20. The SMILES string of the molecule is CC(C)C1(C(=O)O)CCN(C(=O)C2COCC2N)C1. The molecule has 2 aliphatic heterocycles. The Morgan fingerprint density at radius 3 is 2.53 bits per heavy atom. The van der Waals surface area contributed by atoms with Crippen LogP contribution >= 0.6 is 0 Å². The summed E-state index contributed by atoms with van der Waals surface area (Å²) in [6, 6.07) is -0.272. The number of rotatable bonds is 3. The fourth-order valence-electron chi connectivity index (χ4n) is 2.97. The quantitative estimate of drug-likeness (QED) is 0.748. The lowest BCUT2D eigenvalue weighted by atomic mass is 9.76. The molecular formula is C13H22N2O4. The van der Waals surface area contributed by atoms with Gasteiger partial charge in [0.05, 0.1) is 24.5 Å². The van der Waals surface area contributed by atoms with Crippen LogP contribution in [0.2, 0.25) is 0 Å². The van der Waals surface area contributed by atoms with Gasteiger partial charge in [-0.05, 0) is 12.3 Å². The predicted molar refractivity (Wildman–Crippen MR) is 68.4 cm³/mol. The van der Waals surface area contributed by atoms with E-state index in [1.165, 1.54) is 0 Å². The second-order valence-electron chi connectivity index (χ2n) is 5.93. The van der Waals surface area contributed by atoms with Crippen molar-refractivity contribution in [3.63, 3.8) is 0 Å². The number of nitrogens with two attached hydrogens (primary N) is 1. The van der Waals surface area contributed by atoms with E-state index >= 15 is 0 Å². The molecular weight excluding hydrogens is 248 g/mol. The van der Waals surface area contributed by atoms with Gasteiger partial charge >= 0.3 is 5.97 Å². The standard InChI is InChI=1S/C13H22N2O4/c1-8(2)13(12(17)18)3-4-15(7-13)11(16)9-5-19-6-10(9)14/h8-10H,3-7,14H2,1-2H3,(H,17,18). The lowest BCUT2D eigenvalue weighted by Crippen LogP contribution is -2.45. The summed E-state index contributed by atoms with van der Waals surface area (Å²) in [4.78, 5) is 25.5. The smallest absolute Gasteiger partial charge is 0.311 e. The van der Waals surface area contributed by atoms with Crippen LogP contribution in [0.15, 0.2) is 0 Å². The molecule has 0 bridgehead atoms. The maximum Gasteiger partial charge on any atom is 0.311 e. The van der Waals surface area contributed by atoms with Crippen LogP contribution in [0.1, 0.15) is 20.3 Å². The number of carboxylic acid groups (broad SMARTS) is 1. The number of aliphatic carboxylic acids is 1. The lowest BCUT2D eigenvalue weighted by molar-refractivity contribution is -0.151. The van der Waals surface area contributed by atoms with E-state index in [0.717, 1.165) is 0 Å². The average Bonchev–Trinajstić information content (AvgIpc) is 2.94. The van der Waals surface area contributed by atoms with Crippen LogP contribution in [-0.2, 0) is 14.3 Å². The van der Waals surface area contributed by atoms with Crippen LogP contribution in [-0.4, -0.2) is 54.2 Å². The third kappa shape index (κ3) is 2.34. The summed E-state index contributed by atoms with van der Waals surface area (Å²) in [6.07, 6.45) is 0.508. The van der Waals surface area contributed by atoms with Crippen molar-refractivity contribution in [1.29, 1.82) is 0 Å². The molecule has 0 aromatic rings. The Morgan fingerprint density at radius 1 is 1.42 bits per heavy atom. The second kappa shape index (κ2) is 5.09. The van der Waals surface area contributed by atoms with Gasteiger partial charge in [0.2, 0.25) is 5.91 Å². The topological polar surface area (TPSA) is 92.9 Å². The van der Waals surface area contributed by atoms with E-state index in [2.05, 4.69) is 0 Å². The molecule has 2 fully saturated rings. The lowest BCUT2D eigenvalue weighted by Gasteiger charge is -2.29. The first-order chi connectivity index (χ1) is 8.88. The van der Waals surface area contributed by atoms with Crippen molar-refractivity contribution >= 4 is 11.9 Å². The van der Waals surface area contributed by atoms with Crippen LogP contribution in [0.3, 0.4) is 0 Å². The van der Waals surface area contributed by atoms with Gasteiger partial charge in [0, 0.05) is 19.1 Å². The molecule has 0 radical (unpaired) electrons. The van der Waals surface area contributed by atoms with Gasteiger partial charge in [0.15, 0.2) is 0 Å². The van der Waals surface area contributed by atoms with Crippen molar-refractivity contribution < 1.29 is 19.4 Å². The Labute approximate surface area is 112 Å². The largest absolute Gasteiger partial charge is 0.481 e. The highest BCUT2D eigenvalue weighted by Gasteiger charge is 2.49. The van der Waals surface area contributed by atoms with Gasteiger partial charge in [-0.2, -0.15) is 0 Å². The molecule has 0 aromatic heterocycles. The number of carbonyl (C=O) groups excluding carboxylic acids is 1. The molecule has 2 rings (SSSR count). The normalized spacial score (nSPS) is 35.1. The number of hydrogen-bond acceptors (Lipinski definition) is 4. The highest BCUT2D eigenvalue weighted by Crippen LogP contribution is 2.38. The monoisotopic (exact) mass is 270 g/mol. The molecule has 19 heavy (non-hydrogen) atoms. The fourth-order valence-corrected chi connectivity index (χ4v) is 2.97. The van der Waals surface area contributed by atoms with Crippen LogP contribution in [0, 0.1) is 17.3 Å². The van der Waals surface area contributed by atoms with Gasteiger partial charge < -0.3 is 20.5 Å². The molecule has 0 aliphatic carbocycles. The highest BCUT2D eigenvalue weighted by atomic mass is 16.5. The Hall–Kier alpha value is -1.14. The Bertz CT molecular complexity index is 385. The van der Waals surface area contributed by atoms with E-state index in [1.807, 2.05) is 13.8 Å². The molecule has 2 aliphatic rings. The molecule has 3 atom stereocenters. The fraction of sp³-hybridized carbons (Fsp3) is 0.846.